The van der Waals surface area contributed by atoms with E-state index in [1.54, 1.807) is 0 Å². The van der Waals surface area contributed by atoms with Gasteiger partial charge in [-0.1, -0.05) is 31.5 Å². The van der Waals surface area contributed by atoms with Crippen LogP contribution in [0.2, 0.25) is 0 Å². The lowest BCUT2D eigenvalue weighted by Gasteiger charge is -2.36. The number of hydrogen-bond acceptors (Lipinski definition) is 2. The maximum Gasteiger partial charge on any atom is 0.0237 e. The van der Waals surface area contributed by atoms with Gasteiger partial charge in [0.15, 0.2) is 0 Å². The Morgan fingerprint density at radius 1 is 1.28 bits per heavy atom. The molecule has 0 spiro atoms. The first kappa shape index (κ1) is 13.6. The zero-order valence-electron chi connectivity index (χ0n) is 12.0. The van der Waals surface area contributed by atoms with Crippen LogP contribution in [0.15, 0.2) is 18.2 Å². The van der Waals surface area contributed by atoms with Crippen molar-refractivity contribution in [2.24, 2.45) is 0 Å². The third-order valence-corrected chi connectivity index (χ3v) is 4.05. The van der Waals surface area contributed by atoms with Crippen LogP contribution in [0.5, 0.6) is 0 Å². The Bertz CT molecular complexity index is 385. The fourth-order valence-corrected chi connectivity index (χ4v) is 2.77. The molecular formula is C16H26N2. The van der Waals surface area contributed by atoms with E-state index in [0.29, 0.717) is 6.04 Å². The van der Waals surface area contributed by atoms with Gasteiger partial charge in [-0.25, -0.2) is 0 Å². The smallest absolute Gasteiger partial charge is 0.0237 e. The Morgan fingerprint density at radius 3 is 2.83 bits per heavy atom. The number of aryl methyl sites for hydroxylation is 2. The lowest BCUT2D eigenvalue weighted by atomic mass is 10.0. The van der Waals surface area contributed by atoms with Crippen LogP contribution in [0.1, 0.15) is 36.5 Å². The van der Waals surface area contributed by atoms with Gasteiger partial charge in [0.05, 0.1) is 0 Å². The monoisotopic (exact) mass is 246 g/mol. The molecule has 1 saturated heterocycles. The van der Waals surface area contributed by atoms with Gasteiger partial charge in [-0.2, -0.15) is 0 Å². The number of hydrogen-bond donors (Lipinski definition) is 1. The Morgan fingerprint density at radius 2 is 2.11 bits per heavy atom. The molecule has 2 nitrogen and oxygen atoms in total. The summed E-state index contributed by atoms with van der Waals surface area (Å²) in [6.07, 6.45) is 2.58. The summed E-state index contributed by atoms with van der Waals surface area (Å²) in [5.74, 6) is 0. The van der Waals surface area contributed by atoms with Crippen molar-refractivity contribution in [1.82, 2.24) is 10.2 Å². The molecule has 2 heteroatoms. The molecule has 1 atom stereocenters. The Kier molecular flexibility index (Phi) is 4.79. The first-order chi connectivity index (χ1) is 8.70. The van der Waals surface area contributed by atoms with Crippen molar-refractivity contribution in [2.45, 2.75) is 46.2 Å². The van der Waals surface area contributed by atoms with Gasteiger partial charge >= 0.3 is 0 Å². The molecule has 100 valence electrons. The van der Waals surface area contributed by atoms with Crippen LogP contribution in [0.4, 0.5) is 0 Å². The van der Waals surface area contributed by atoms with Crippen molar-refractivity contribution >= 4 is 0 Å². The van der Waals surface area contributed by atoms with Gasteiger partial charge in [0, 0.05) is 32.2 Å². The van der Waals surface area contributed by atoms with Gasteiger partial charge in [-0.3, -0.25) is 4.90 Å². The van der Waals surface area contributed by atoms with Crippen LogP contribution in [0, 0.1) is 13.8 Å². The molecule has 1 fully saturated rings. The molecule has 0 bridgehead atoms. The Hall–Kier alpha value is -0.860. The molecule has 1 aromatic carbocycles. The minimum Gasteiger partial charge on any atom is -0.314 e. The van der Waals surface area contributed by atoms with Gasteiger partial charge in [-0.15, -0.1) is 0 Å². The molecule has 1 N–H and O–H groups in total. The normalized spacial score (nSPS) is 21.2. The van der Waals surface area contributed by atoms with Gasteiger partial charge in [0.25, 0.3) is 0 Å². The summed E-state index contributed by atoms with van der Waals surface area (Å²) in [6.45, 7) is 11.2. The molecule has 1 aromatic rings. The summed E-state index contributed by atoms with van der Waals surface area (Å²) in [7, 11) is 0. The Balaban J connectivity index is 2.03. The van der Waals surface area contributed by atoms with Gasteiger partial charge in [0.1, 0.15) is 0 Å². The highest BCUT2D eigenvalue weighted by Gasteiger charge is 2.21. The number of piperazine rings is 1. The molecule has 0 aromatic heterocycles. The lowest BCUT2D eigenvalue weighted by molar-refractivity contribution is 0.144. The molecule has 1 aliphatic rings. The van der Waals surface area contributed by atoms with Crippen molar-refractivity contribution in [3.8, 4) is 0 Å². The molecular weight excluding hydrogens is 220 g/mol. The minimum absolute atomic E-state index is 0.713. The van der Waals surface area contributed by atoms with Crippen molar-refractivity contribution < 1.29 is 0 Å². The van der Waals surface area contributed by atoms with Crippen LogP contribution >= 0.6 is 0 Å². The molecule has 1 aliphatic heterocycles. The van der Waals surface area contributed by atoms with E-state index in [-0.39, 0.29) is 0 Å². The van der Waals surface area contributed by atoms with Crippen LogP contribution < -0.4 is 5.32 Å². The second-order valence-electron chi connectivity index (χ2n) is 5.54. The van der Waals surface area contributed by atoms with E-state index >= 15 is 0 Å². The topological polar surface area (TPSA) is 15.3 Å². The summed E-state index contributed by atoms with van der Waals surface area (Å²) in [5, 5.41) is 3.51. The molecule has 0 aliphatic carbocycles. The second kappa shape index (κ2) is 6.35. The number of nitrogens with zero attached hydrogens (tertiary/aromatic N) is 1. The predicted molar refractivity (Wildman–Crippen MR) is 77.9 cm³/mol. The average molecular weight is 246 g/mol. The summed E-state index contributed by atoms with van der Waals surface area (Å²) in [6, 6.07) is 7.60. The van der Waals surface area contributed by atoms with Gasteiger partial charge in [0.2, 0.25) is 0 Å². The highest BCUT2D eigenvalue weighted by molar-refractivity contribution is 5.29. The number of nitrogens with one attached hydrogen (secondary N) is 1. The fraction of sp³-hybridized carbons (Fsp3) is 0.625. The largest absolute Gasteiger partial charge is 0.314 e. The highest BCUT2D eigenvalue weighted by atomic mass is 15.2. The highest BCUT2D eigenvalue weighted by Crippen LogP contribution is 2.16. The van der Waals surface area contributed by atoms with Gasteiger partial charge in [-0.05, 0) is 37.0 Å². The van der Waals surface area contributed by atoms with Crippen molar-refractivity contribution in [1.29, 1.82) is 0 Å². The molecule has 0 amide bonds. The average Bonchev–Trinajstić information content (AvgIpc) is 2.37. The lowest BCUT2D eigenvalue weighted by Crippen LogP contribution is -2.50. The van der Waals surface area contributed by atoms with Crippen molar-refractivity contribution in [3.05, 3.63) is 34.9 Å². The van der Waals surface area contributed by atoms with Crippen molar-refractivity contribution in [3.63, 3.8) is 0 Å². The van der Waals surface area contributed by atoms with E-state index in [1.807, 2.05) is 0 Å². The van der Waals surface area contributed by atoms with Crippen LogP contribution in [-0.2, 0) is 6.54 Å². The van der Waals surface area contributed by atoms with Crippen molar-refractivity contribution in [2.75, 3.05) is 19.6 Å². The van der Waals surface area contributed by atoms with E-state index in [4.69, 9.17) is 0 Å². The summed E-state index contributed by atoms with van der Waals surface area (Å²) in [4.78, 5) is 2.64. The summed E-state index contributed by atoms with van der Waals surface area (Å²) in [5.41, 5.74) is 4.26. The molecule has 0 radical (unpaired) electrons. The van der Waals surface area contributed by atoms with Crippen LogP contribution in [-0.4, -0.2) is 30.6 Å². The van der Waals surface area contributed by atoms with E-state index in [9.17, 15) is 0 Å². The maximum atomic E-state index is 3.51. The first-order valence-corrected chi connectivity index (χ1v) is 7.21. The standard InChI is InChI=1S/C16H26N2/c1-4-5-16-11-17-8-9-18(16)12-15-7-6-13(2)14(3)10-15/h6-7,10,16-17H,4-5,8-9,11-12H2,1-3H3. The van der Waals surface area contributed by atoms with Crippen LogP contribution in [0.3, 0.4) is 0 Å². The number of rotatable bonds is 4. The summed E-state index contributed by atoms with van der Waals surface area (Å²) >= 11 is 0. The van der Waals surface area contributed by atoms with Gasteiger partial charge < -0.3 is 5.32 Å². The quantitative estimate of drug-likeness (QED) is 0.879. The van der Waals surface area contributed by atoms with E-state index in [0.717, 1.165) is 19.6 Å². The van der Waals surface area contributed by atoms with Crippen LogP contribution in [0.25, 0.3) is 0 Å². The third kappa shape index (κ3) is 3.33. The predicted octanol–water partition coefficient (Wildman–Crippen LogP) is 2.88. The van der Waals surface area contributed by atoms with E-state index in [2.05, 4.69) is 49.2 Å². The first-order valence-electron chi connectivity index (χ1n) is 7.21. The molecule has 1 heterocycles. The SMILES string of the molecule is CCCC1CNCCN1Cc1ccc(C)c(C)c1. The summed E-state index contributed by atoms with van der Waals surface area (Å²) < 4.78 is 0. The Labute approximate surface area is 111 Å². The zero-order chi connectivity index (χ0) is 13.0. The third-order valence-electron chi connectivity index (χ3n) is 4.05. The second-order valence-corrected chi connectivity index (χ2v) is 5.54. The maximum absolute atomic E-state index is 3.51. The molecule has 2 rings (SSSR count). The minimum atomic E-state index is 0.713. The van der Waals surface area contributed by atoms with E-state index < -0.39 is 0 Å². The zero-order valence-corrected chi connectivity index (χ0v) is 12.0. The number of benzene rings is 1. The fourth-order valence-electron chi connectivity index (χ4n) is 2.77. The molecule has 0 saturated carbocycles. The molecule has 18 heavy (non-hydrogen) atoms. The molecule has 1 unspecified atom stereocenters. The van der Waals surface area contributed by atoms with E-state index in [1.165, 1.54) is 36.1 Å².